The number of hydrogen-bond donors (Lipinski definition) is 0. The fourth-order valence-electron chi connectivity index (χ4n) is 1.25. The van der Waals surface area contributed by atoms with Crippen LogP contribution in [0.5, 0.6) is 5.88 Å². The van der Waals surface area contributed by atoms with E-state index in [4.69, 9.17) is 4.74 Å². The van der Waals surface area contributed by atoms with Gasteiger partial charge in [0.15, 0.2) is 0 Å². The van der Waals surface area contributed by atoms with Crippen LogP contribution in [-0.2, 0) is 4.74 Å². The van der Waals surface area contributed by atoms with Gasteiger partial charge in [0.25, 0.3) is 0 Å². The molecule has 1 rings (SSSR count). The molecular formula is C12H18N2O3. The van der Waals surface area contributed by atoms with Gasteiger partial charge in [0, 0.05) is 18.8 Å². The van der Waals surface area contributed by atoms with Crippen molar-refractivity contribution in [3.8, 4) is 5.88 Å². The van der Waals surface area contributed by atoms with Gasteiger partial charge in [-0.2, -0.15) is 0 Å². The molecule has 94 valence electrons. The van der Waals surface area contributed by atoms with Gasteiger partial charge in [-0.05, 0) is 26.6 Å². The second-order valence-corrected chi connectivity index (χ2v) is 3.98. The molecule has 0 N–H and O–H groups in total. The van der Waals surface area contributed by atoms with Gasteiger partial charge in [-0.3, -0.25) is 0 Å². The molecule has 5 heteroatoms. The molecule has 1 heterocycles. The van der Waals surface area contributed by atoms with Gasteiger partial charge in [-0.25, -0.2) is 9.78 Å². The predicted molar refractivity (Wildman–Crippen MR) is 64.4 cm³/mol. The third kappa shape index (κ3) is 4.03. The summed E-state index contributed by atoms with van der Waals surface area (Å²) in [4.78, 5) is 17.6. The molecule has 17 heavy (non-hydrogen) atoms. The standard InChI is InChI=1S/C12H18N2O3/c1-9-8-13-11(17-6-5-14(2)3)7-10(9)12(15)16-4/h7-8H,5-6H2,1-4H3. The Bertz CT molecular complexity index is 391. The fraction of sp³-hybridized carbons (Fsp3) is 0.500. The number of aromatic nitrogens is 1. The minimum atomic E-state index is -0.373. The van der Waals surface area contributed by atoms with E-state index in [1.54, 1.807) is 12.3 Å². The lowest BCUT2D eigenvalue weighted by Crippen LogP contribution is -2.19. The zero-order valence-corrected chi connectivity index (χ0v) is 10.7. The van der Waals surface area contributed by atoms with Crippen LogP contribution in [-0.4, -0.2) is 50.2 Å². The summed E-state index contributed by atoms with van der Waals surface area (Å²) < 4.78 is 10.1. The van der Waals surface area contributed by atoms with Gasteiger partial charge in [0.05, 0.1) is 12.7 Å². The van der Waals surface area contributed by atoms with Crippen LogP contribution in [0.4, 0.5) is 0 Å². The van der Waals surface area contributed by atoms with E-state index in [-0.39, 0.29) is 5.97 Å². The van der Waals surface area contributed by atoms with Crippen LogP contribution in [0.25, 0.3) is 0 Å². The maximum absolute atomic E-state index is 11.5. The number of likely N-dealkylation sites (N-methyl/N-ethyl adjacent to an activating group) is 1. The van der Waals surface area contributed by atoms with E-state index in [9.17, 15) is 4.79 Å². The molecule has 0 saturated heterocycles. The highest BCUT2D eigenvalue weighted by Crippen LogP contribution is 2.14. The number of rotatable bonds is 5. The maximum Gasteiger partial charge on any atom is 0.338 e. The first-order chi connectivity index (χ1) is 8.04. The van der Waals surface area contributed by atoms with Crippen LogP contribution < -0.4 is 4.74 Å². The summed E-state index contributed by atoms with van der Waals surface area (Å²) in [5.41, 5.74) is 1.26. The van der Waals surface area contributed by atoms with Crippen molar-refractivity contribution in [2.45, 2.75) is 6.92 Å². The summed E-state index contributed by atoms with van der Waals surface area (Å²) in [6.45, 7) is 3.13. The fourth-order valence-corrected chi connectivity index (χ4v) is 1.25. The Balaban J connectivity index is 2.71. The first-order valence-electron chi connectivity index (χ1n) is 5.37. The van der Waals surface area contributed by atoms with Crippen LogP contribution in [0.1, 0.15) is 15.9 Å². The minimum absolute atomic E-state index is 0.373. The van der Waals surface area contributed by atoms with E-state index in [1.165, 1.54) is 7.11 Å². The Morgan fingerprint density at radius 3 is 2.76 bits per heavy atom. The Labute approximate surface area is 101 Å². The number of carbonyl (C=O) groups is 1. The van der Waals surface area contributed by atoms with Gasteiger partial charge in [0.2, 0.25) is 5.88 Å². The van der Waals surface area contributed by atoms with E-state index < -0.39 is 0 Å². The average Bonchev–Trinajstić information content (AvgIpc) is 2.30. The van der Waals surface area contributed by atoms with E-state index in [0.29, 0.717) is 18.1 Å². The summed E-state index contributed by atoms with van der Waals surface area (Å²) in [5.74, 6) is 0.0696. The van der Waals surface area contributed by atoms with Crippen LogP contribution in [0, 0.1) is 6.92 Å². The molecule has 0 radical (unpaired) electrons. The van der Waals surface area contributed by atoms with Gasteiger partial charge >= 0.3 is 5.97 Å². The molecule has 0 fully saturated rings. The molecule has 0 aliphatic rings. The van der Waals surface area contributed by atoms with E-state index in [2.05, 4.69) is 9.72 Å². The number of nitrogens with zero attached hydrogens (tertiary/aromatic N) is 2. The van der Waals surface area contributed by atoms with Gasteiger partial charge < -0.3 is 14.4 Å². The quantitative estimate of drug-likeness (QED) is 0.719. The molecule has 0 saturated carbocycles. The summed E-state index contributed by atoms with van der Waals surface area (Å²) >= 11 is 0. The SMILES string of the molecule is COC(=O)c1cc(OCCN(C)C)ncc1C. The molecule has 0 aromatic carbocycles. The Morgan fingerprint density at radius 2 is 2.18 bits per heavy atom. The van der Waals surface area contributed by atoms with Gasteiger partial charge in [-0.1, -0.05) is 0 Å². The smallest absolute Gasteiger partial charge is 0.338 e. The second-order valence-electron chi connectivity index (χ2n) is 3.98. The monoisotopic (exact) mass is 238 g/mol. The first-order valence-corrected chi connectivity index (χ1v) is 5.37. The maximum atomic E-state index is 11.5. The van der Waals surface area contributed by atoms with Crippen molar-refractivity contribution in [1.29, 1.82) is 0 Å². The molecule has 0 aliphatic carbocycles. The Morgan fingerprint density at radius 1 is 1.47 bits per heavy atom. The molecule has 0 aliphatic heterocycles. The lowest BCUT2D eigenvalue weighted by atomic mass is 10.1. The van der Waals surface area contributed by atoms with Gasteiger partial charge in [0.1, 0.15) is 6.61 Å². The first kappa shape index (κ1) is 13.4. The van der Waals surface area contributed by atoms with E-state index in [0.717, 1.165) is 12.1 Å². The molecule has 0 atom stereocenters. The molecule has 5 nitrogen and oxygen atoms in total. The highest BCUT2D eigenvalue weighted by molar-refractivity contribution is 5.91. The molecule has 0 unspecified atom stereocenters. The number of pyridine rings is 1. The van der Waals surface area contributed by atoms with Crippen LogP contribution in [0.15, 0.2) is 12.3 Å². The van der Waals surface area contributed by atoms with Crippen molar-refractivity contribution in [3.05, 3.63) is 23.4 Å². The lowest BCUT2D eigenvalue weighted by Gasteiger charge is -2.11. The third-order valence-electron chi connectivity index (χ3n) is 2.27. The minimum Gasteiger partial charge on any atom is -0.476 e. The second kappa shape index (κ2) is 6.20. The highest BCUT2D eigenvalue weighted by Gasteiger charge is 2.11. The highest BCUT2D eigenvalue weighted by atomic mass is 16.5. The van der Waals surface area contributed by atoms with Crippen LogP contribution in [0.3, 0.4) is 0 Å². The largest absolute Gasteiger partial charge is 0.476 e. The van der Waals surface area contributed by atoms with Crippen molar-refractivity contribution >= 4 is 5.97 Å². The normalized spacial score (nSPS) is 10.4. The van der Waals surface area contributed by atoms with Gasteiger partial charge in [-0.15, -0.1) is 0 Å². The zero-order chi connectivity index (χ0) is 12.8. The predicted octanol–water partition coefficient (Wildman–Crippen LogP) is 1.12. The molecule has 0 amide bonds. The molecular weight excluding hydrogens is 220 g/mol. The Kier molecular flexibility index (Phi) is 4.90. The zero-order valence-electron chi connectivity index (χ0n) is 10.7. The summed E-state index contributed by atoms with van der Waals surface area (Å²) in [7, 11) is 5.28. The van der Waals surface area contributed by atoms with Crippen molar-refractivity contribution < 1.29 is 14.3 Å². The summed E-state index contributed by atoms with van der Waals surface area (Å²) in [6, 6.07) is 1.61. The van der Waals surface area contributed by atoms with Crippen LogP contribution >= 0.6 is 0 Å². The number of hydrogen-bond acceptors (Lipinski definition) is 5. The summed E-state index contributed by atoms with van der Waals surface area (Å²) in [6.07, 6.45) is 1.61. The lowest BCUT2D eigenvalue weighted by molar-refractivity contribution is 0.0599. The third-order valence-corrected chi connectivity index (χ3v) is 2.27. The van der Waals surface area contributed by atoms with Crippen molar-refractivity contribution in [2.24, 2.45) is 0 Å². The topological polar surface area (TPSA) is 51.7 Å². The summed E-state index contributed by atoms with van der Waals surface area (Å²) in [5, 5.41) is 0. The number of carbonyl (C=O) groups excluding carboxylic acids is 1. The van der Waals surface area contributed by atoms with Crippen molar-refractivity contribution in [1.82, 2.24) is 9.88 Å². The average molecular weight is 238 g/mol. The molecule has 1 aromatic rings. The van der Waals surface area contributed by atoms with E-state index >= 15 is 0 Å². The van der Waals surface area contributed by atoms with E-state index in [1.807, 2.05) is 25.9 Å². The molecule has 0 spiro atoms. The molecule has 0 bridgehead atoms. The number of methoxy groups -OCH3 is 1. The number of ether oxygens (including phenoxy) is 2. The van der Waals surface area contributed by atoms with Crippen molar-refractivity contribution in [2.75, 3.05) is 34.4 Å². The van der Waals surface area contributed by atoms with Crippen molar-refractivity contribution in [3.63, 3.8) is 0 Å². The number of aryl methyl sites for hydroxylation is 1. The molecule has 1 aromatic heterocycles. The Hall–Kier alpha value is -1.62. The van der Waals surface area contributed by atoms with Crippen LogP contribution in [0.2, 0.25) is 0 Å². The number of esters is 1.